The van der Waals surface area contributed by atoms with Gasteiger partial charge in [-0.3, -0.25) is 9.13 Å². The molecule has 0 radical (unpaired) electrons. The molecule has 0 aliphatic carbocycles. The molecule has 0 saturated carbocycles. The molecule has 27 heavy (non-hydrogen) atoms. The van der Waals surface area contributed by atoms with Gasteiger partial charge < -0.3 is 9.15 Å². The third-order valence-corrected chi connectivity index (χ3v) is 4.47. The van der Waals surface area contributed by atoms with Crippen LogP contribution in [0.25, 0.3) is 22.5 Å². The number of aryl methyl sites for hydroxylation is 1. The van der Waals surface area contributed by atoms with Gasteiger partial charge in [0.15, 0.2) is 0 Å². The summed E-state index contributed by atoms with van der Waals surface area (Å²) in [5.74, 6) is 1.56. The van der Waals surface area contributed by atoms with Crippen LogP contribution in [0.15, 0.2) is 57.7 Å². The zero-order valence-electron chi connectivity index (χ0n) is 15.3. The van der Waals surface area contributed by atoms with Crippen molar-refractivity contribution in [1.29, 1.82) is 0 Å². The fourth-order valence-electron chi connectivity index (χ4n) is 3.17. The normalized spacial score (nSPS) is 11.2. The van der Waals surface area contributed by atoms with Gasteiger partial charge in [0, 0.05) is 12.1 Å². The first-order valence-corrected chi connectivity index (χ1v) is 8.86. The highest BCUT2D eigenvalue weighted by Gasteiger charge is 2.16. The van der Waals surface area contributed by atoms with E-state index in [1.807, 2.05) is 48.5 Å². The second-order valence-corrected chi connectivity index (χ2v) is 6.24. The van der Waals surface area contributed by atoms with Gasteiger partial charge in [-0.15, -0.1) is 10.2 Å². The summed E-state index contributed by atoms with van der Waals surface area (Å²) in [7, 11) is 1.62. The molecule has 0 atom stereocenters. The highest BCUT2D eigenvalue weighted by Crippen LogP contribution is 2.22. The van der Waals surface area contributed by atoms with Crippen LogP contribution in [0.5, 0.6) is 5.75 Å². The van der Waals surface area contributed by atoms with Crippen LogP contribution in [0.3, 0.4) is 0 Å². The number of para-hydroxylation sites is 2. The Morgan fingerprint density at radius 2 is 1.70 bits per heavy atom. The van der Waals surface area contributed by atoms with E-state index in [1.54, 1.807) is 16.2 Å². The fraction of sp³-hybridized carbons (Fsp3) is 0.250. The minimum absolute atomic E-state index is 0.0674. The van der Waals surface area contributed by atoms with Gasteiger partial charge in [0.05, 0.1) is 18.1 Å². The van der Waals surface area contributed by atoms with Gasteiger partial charge in [0.2, 0.25) is 11.8 Å². The van der Waals surface area contributed by atoms with Crippen molar-refractivity contribution in [3.63, 3.8) is 0 Å². The molecule has 0 unspecified atom stereocenters. The molecule has 7 nitrogen and oxygen atoms in total. The van der Waals surface area contributed by atoms with E-state index in [4.69, 9.17) is 9.15 Å². The second kappa shape index (κ2) is 7.11. The first-order chi connectivity index (χ1) is 13.2. The lowest BCUT2D eigenvalue weighted by molar-refractivity contribution is 0.415. The molecular weight excluding hydrogens is 344 g/mol. The van der Waals surface area contributed by atoms with Gasteiger partial charge in [-0.2, -0.15) is 0 Å². The van der Waals surface area contributed by atoms with E-state index in [0.717, 1.165) is 28.8 Å². The summed E-state index contributed by atoms with van der Waals surface area (Å²) in [6.45, 7) is 2.96. The first-order valence-electron chi connectivity index (χ1n) is 8.86. The molecule has 0 aliphatic heterocycles. The minimum Gasteiger partial charge on any atom is -0.497 e. The molecule has 4 aromatic rings. The Labute approximate surface area is 155 Å². The number of nitrogens with zero attached hydrogens (tertiary/aromatic N) is 4. The van der Waals surface area contributed by atoms with Crippen LogP contribution in [-0.4, -0.2) is 26.4 Å². The molecule has 0 spiro atoms. The van der Waals surface area contributed by atoms with Crippen LogP contribution in [0.4, 0.5) is 0 Å². The lowest BCUT2D eigenvalue weighted by atomic mass is 10.2. The molecule has 0 fully saturated rings. The molecule has 0 bridgehead atoms. The Kier molecular flexibility index (Phi) is 4.50. The number of methoxy groups -OCH3 is 1. The summed E-state index contributed by atoms with van der Waals surface area (Å²) in [5.41, 5.74) is 2.51. The number of benzene rings is 2. The van der Waals surface area contributed by atoms with Crippen molar-refractivity contribution in [3.8, 4) is 17.2 Å². The van der Waals surface area contributed by atoms with Gasteiger partial charge in [0.1, 0.15) is 12.3 Å². The zero-order chi connectivity index (χ0) is 18.8. The standard InChI is InChI=1S/C20H20N4O3/c1-3-12-23-16-6-4-5-7-17(16)24(20(23)25)13-18-21-22-19(27-18)14-8-10-15(26-2)11-9-14/h4-11H,3,12-13H2,1-2H3. The van der Waals surface area contributed by atoms with E-state index in [-0.39, 0.29) is 12.2 Å². The van der Waals surface area contributed by atoms with Crippen molar-refractivity contribution in [3.05, 3.63) is 64.9 Å². The predicted molar refractivity (Wildman–Crippen MR) is 102 cm³/mol. The maximum Gasteiger partial charge on any atom is 0.329 e. The van der Waals surface area contributed by atoms with Crippen LogP contribution < -0.4 is 10.4 Å². The molecule has 0 amide bonds. The van der Waals surface area contributed by atoms with Gasteiger partial charge in [-0.05, 0) is 42.8 Å². The summed E-state index contributed by atoms with van der Waals surface area (Å²) in [5, 5.41) is 8.23. The molecule has 0 N–H and O–H groups in total. The van der Waals surface area contributed by atoms with E-state index < -0.39 is 0 Å². The Morgan fingerprint density at radius 1 is 1.00 bits per heavy atom. The fourth-order valence-corrected chi connectivity index (χ4v) is 3.17. The number of hydrogen-bond donors (Lipinski definition) is 0. The molecular formula is C20H20N4O3. The lowest BCUT2D eigenvalue weighted by Gasteiger charge is -2.00. The average Bonchev–Trinajstić information content (AvgIpc) is 3.28. The molecule has 7 heteroatoms. The Balaban J connectivity index is 1.68. The highest BCUT2D eigenvalue weighted by molar-refractivity contribution is 5.76. The Bertz CT molecular complexity index is 1120. The quantitative estimate of drug-likeness (QED) is 0.525. The van der Waals surface area contributed by atoms with E-state index >= 15 is 0 Å². The van der Waals surface area contributed by atoms with Crippen LogP contribution in [0, 0.1) is 0 Å². The van der Waals surface area contributed by atoms with Crippen molar-refractivity contribution in [2.75, 3.05) is 7.11 Å². The largest absolute Gasteiger partial charge is 0.497 e. The smallest absolute Gasteiger partial charge is 0.329 e. The summed E-state index contributed by atoms with van der Waals surface area (Å²) in [6.07, 6.45) is 0.885. The lowest BCUT2D eigenvalue weighted by Crippen LogP contribution is -2.24. The molecule has 2 aromatic carbocycles. The third-order valence-electron chi connectivity index (χ3n) is 4.47. The minimum atomic E-state index is -0.0674. The van der Waals surface area contributed by atoms with Crippen molar-refractivity contribution < 1.29 is 9.15 Å². The average molecular weight is 364 g/mol. The van der Waals surface area contributed by atoms with E-state index in [2.05, 4.69) is 17.1 Å². The van der Waals surface area contributed by atoms with E-state index in [0.29, 0.717) is 18.3 Å². The van der Waals surface area contributed by atoms with Gasteiger partial charge in [-0.25, -0.2) is 4.79 Å². The van der Waals surface area contributed by atoms with Crippen molar-refractivity contribution in [2.45, 2.75) is 26.4 Å². The van der Waals surface area contributed by atoms with Crippen molar-refractivity contribution in [2.24, 2.45) is 0 Å². The highest BCUT2D eigenvalue weighted by atomic mass is 16.5. The first kappa shape index (κ1) is 17.1. The number of fused-ring (bicyclic) bond motifs is 1. The van der Waals surface area contributed by atoms with Crippen LogP contribution in [-0.2, 0) is 13.1 Å². The summed E-state index contributed by atoms with van der Waals surface area (Å²) < 4.78 is 14.4. The maximum atomic E-state index is 12.9. The molecule has 4 rings (SSSR count). The second-order valence-electron chi connectivity index (χ2n) is 6.24. The predicted octanol–water partition coefficient (Wildman–Crippen LogP) is 3.32. The van der Waals surface area contributed by atoms with E-state index in [1.165, 1.54) is 0 Å². The monoisotopic (exact) mass is 364 g/mol. The van der Waals surface area contributed by atoms with Gasteiger partial charge >= 0.3 is 5.69 Å². The van der Waals surface area contributed by atoms with E-state index in [9.17, 15) is 4.79 Å². The molecule has 138 valence electrons. The number of imidazole rings is 1. The molecule has 2 aromatic heterocycles. The summed E-state index contributed by atoms with van der Waals surface area (Å²) in [6, 6.07) is 15.1. The Morgan fingerprint density at radius 3 is 2.37 bits per heavy atom. The topological polar surface area (TPSA) is 75.1 Å². The number of rotatable bonds is 6. The Hall–Kier alpha value is -3.35. The molecule has 0 saturated heterocycles. The molecule has 2 heterocycles. The van der Waals surface area contributed by atoms with Crippen molar-refractivity contribution >= 4 is 11.0 Å². The zero-order valence-corrected chi connectivity index (χ0v) is 15.3. The van der Waals surface area contributed by atoms with Gasteiger partial charge in [0.25, 0.3) is 0 Å². The maximum absolute atomic E-state index is 12.9. The third kappa shape index (κ3) is 3.12. The van der Waals surface area contributed by atoms with Crippen LogP contribution in [0.2, 0.25) is 0 Å². The molecule has 0 aliphatic rings. The number of hydrogen-bond acceptors (Lipinski definition) is 5. The number of ether oxygens (including phenoxy) is 1. The van der Waals surface area contributed by atoms with Crippen LogP contribution >= 0.6 is 0 Å². The number of aromatic nitrogens is 4. The summed E-state index contributed by atoms with van der Waals surface area (Å²) in [4.78, 5) is 12.9. The van der Waals surface area contributed by atoms with Gasteiger partial charge in [-0.1, -0.05) is 19.1 Å². The summed E-state index contributed by atoms with van der Waals surface area (Å²) >= 11 is 0. The van der Waals surface area contributed by atoms with Crippen molar-refractivity contribution in [1.82, 2.24) is 19.3 Å². The SMILES string of the molecule is CCCn1c(=O)n(Cc2nnc(-c3ccc(OC)cc3)o2)c2ccccc21. The van der Waals surface area contributed by atoms with Crippen LogP contribution in [0.1, 0.15) is 19.2 Å².